The Labute approximate surface area is 141 Å². The lowest BCUT2D eigenvalue weighted by Gasteiger charge is -2.22. The molecule has 0 bridgehead atoms. The third-order valence-electron chi connectivity index (χ3n) is 4.45. The second-order valence-electron chi connectivity index (χ2n) is 6.49. The highest BCUT2D eigenvalue weighted by molar-refractivity contribution is 6.42. The Balaban J connectivity index is 1.65. The van der Waals surface area contributed by atoms with Crippen LogP contribution in [0.3, 0.4) is 0 Å². The number of nitrogens with one attached hydrogen (secondary N) is 1. The van der Waals surface area contributed by atoms with E-state index in [2.05, 4.69) is 24.3 Å². The predicted octanol–water partition coefficient (Wildman–Crippen LogP) is 2.74. The molecular weight excluding hydrogens is 321 g/mol. The van der Waals surface area contributed by atoms with Gasteiger partial charge in [0.1, 0.15) is 6.04 Å². The lowest BCUT2D eigenvalue weighted by atomic mass is 10.1. The summed E-state index contributed by atoms with van der Waals surface area (Å²) in [6.45, 7) is 2.73. The van der Waals surface area contributed by atoms with Crippen molar-refractivity contribution in [2.24, 2.45) is 5.92 Å². The number of carbonyl (C=O) groups excluding carboxylic acids is 1. The average molecular weight is 342 g/mol. The standard InChI is InChI=1S/C16H21Cl2N3O/c1-20(2)8-10-5-6-21(9-10)16(22)14-7-11-13(19-14)4-3-12(17)15(11)18/h3-4,10,14,19H,5-9H2,1-2H3/t10-,14?/m0/s1. The van der Waals surface area contributed by atoms with Crippen molar-refractivity contribution in [1.82, 2.24) is 9.80 Å². The number of carbonyl (C=O) groups is 1. The number of hydrogen-bond donors (Lipinski definition) is 1. The molecule has 2 aliphatic rings. The zero-order chi connectivity index (χ0) is 15.9. The molecule has 1 aromatic carbocycles. The molecule has 1 saturated heterocycles. The fourth-order valence-corrected chi connectivity index (χ4v) is 3.86. The molecule has 1 fully saturated rings. The van der Waals surface area contributed by atoms with Crippen LogP contribution in [0, 0.1) is 5.92 Å². The van der Waals surface area contributed by atoms with Crippen LogP contribution in [0.15, 0.2) is 12.1 Å². The molecule has 1 unspecified atom stereocenters. The van der Waals surface area contributed by atoms with E-state index < -0.39 is 0 Å². The van der Waals surface area contributed by atoms with Gasteiger partial charge in [-0.15, -0.1) is 0 Å². The van der Waals surface area contributed by atoms with Gasteiger partial charge < -0.3 is 15.1 Å². The van der Waals surface area contributed by atoms with E-state index in [1.807, 2.05) is 11.0 Å². The largest absolute Gasteiger partial charge is 0.373 e. The second kappa shape index (κ2) is 6.26. The summed E-state index contributed by atoms with van der Waals surface area (Å²) in [4.78, 5) is 16.9. The zero-order valence-corrected chi connectivity index (χ0v) is 14.4. The third kappa shape index (κ3) is 3.05. The minimum atomic E-state index is -0.218. The SMILES string of the molecule is CN(C)C[C@@H]1CCN(C(=O)C2Cc3c(ccc(Cl)c3Cl)N2)C1. The van der Waals surface area contributed by atoms with Crippen molar-refractivity contribution in [2.75, 3.05) is 39.0 Å². The topological polar surface area (TPSA) is 35.6 Å². The van der Waals surface area contributed by atoms with Gasteiger partial charge in [0.2, 0.25) is 5.91 Å². The first-order chi connectivity index (χ1) is 10.5. The number of amides is 1. The van der Waals surface area contributed by atoms with Crippen molar-refractivity contribution >= 4 is 34.8 Å². The Morgan fingerprint density at radius 2 is 2.18 bits per heavy atom. The van der Waals surface area contributed by atoms with Gasteiger partial charge in [-0.25, -0.2) is 0 Å². The first kappa shape index (κ1) is 15.9. The molecule has 1 aromatic rings. The molecule has 1 N–H and O–H groups in total. The Kier molecular flexibility index (Phi) is 4.53. The maximum Gasteiger partial charge on any atom is 0.245 e. The van der Waals surface area contributed by atoms with Crippen LogP contribution in [0.25, 0.3) is 0 Å². The highest BCUT2D eigenvalue weighted by Gasteiger charge is 2.35. The van der Waals surface area contributed by atoms with Gasteiger partial charge >= 0.3 is 0 Å². The van der Waals surface area contributed by atoms with Gasteiger partial charge in [-0.2, -0.15) is 0 Å². The molecule has 3 rings (SSSR count). The van der Waals surface area contributed by atoms with Crippen LogP contribution in [-0.4, -0.2) is 55.5 Å². The Bertz CT molecular complexity index is 591. The molecule has 0 saturated carbocycles. The van der Waals surface area contributed by atoms with E-state index in [1.165, 1.54) is 0 Å². The number of fused-ring (bicyclic) bond motifs is 1. The summed E-state index contributed by atoms with van der Waals surface area (Å²) in [7, 11) is 4.15. The average Bonchev–Trinajstić information content (AvgIpc) is 3.08. The van der Waals surface area contributed by atoms with Gasteiger partial charge in [0, 0.05) is 31.7 Å². The van der Waals surface area contributed by atoms with E-state index in [0.717, 1.165) is 37.3 Å². The molecular formula is C16H21Cl2N3O. The molecule has 0 spiro atoms. The molecule has 120 valence electrons. The van der Waals surface area contributed by atoms with Crippen molar-refractivity contribution < 1.29 is 4.79 Å². The summed E-state index contributed by atoms with van der Waals surface area (Å²) in [5, 5.41) is 4.40. The normalized spacial score (nSPS) is 23.8. The van der Waals surface area contributed by atoms with Gasteiger partial charge in [-0.3, -0.25) is 4.79 Å². The summed E-state index contributed by atoms with van der Waals surface area (Å²) in [5.41, 5.74) is 1.88. The quantitative estimate of drug-likeness (QED) is 0.918. The summed E-state index contributed by atoms with van der Waals surface area (Å²) in [6, 6.07) is 3.45. The van der Waals surface area contributed by atoms with Gasteiger partial charge in [-0.05, 0) is 44.1 Å². The van der Waals surface area contributed by atoms with Crippen molar-refractivity contribution in [3.05, 3.63) is 27.7 Å². The molecule has 2 atom stereocenters. The zero-order valence-electron chi connectivity index (χ0n) is 12.9. The van der Waals surface area contributed by atoms with Crippen LogP contribution in [0.2, 0.25) is 10.0 Å². The van der Waals surface area contributed by atoms with Crippen molar-refractivity contribution in [2.45, 2.75) is 18.9 Å². The maximum absolute atomic E-state index is 12.7. The van der Waals surface area contributed by atoms with Crippen LogP contribution in [0.1, 0.15) is 12.0 Å². The molecule has 6 heteroatoms. The second-order valence-corrected chi connectivity index (χ2v) is 7.27. The molecule has 22 heavy (non-hydrogen) atoms. The number of hydrogen-bond acceptors (Lipinski definition) is 3. The smallest absolute Gasteiger partial charge is 0.245 e. The minimum absolute atomic E-state index is 0.171. The van der Waals surface area contributed by atoms with E-state index in [-0.39, 0.29) is 11.9 Å². The number of halogens is 2. The van der Waals surface area contributed by atoms with Crippen LogP contribution in [0.4, 0.5) is 5.69 Å². The fraction of sp³-hybridized carbons (Fsp3) is 0.562. The summed E-state index contributed by atoms with van der Waals surface area (Å²) in [6.07, 6.45) is 1.69. The van der Waals surface area contributed by atoms with E-state index in [9.17, 15) is 4.79 Å². The summed E-state index contributed by atoms with van der Waals surface area (Å²) in [5.74, 6) is 0.741. The molecule has 0 radical (unpaired) electrons. The van der Waals surface area contributed by atoms with Crippen molar-refractivity contribution in [3.63, 3.8) is 0 Å². The number of rotatable bonds is 3. The number of likely N-dealkylation sites (tertiary alicyclic amines) is 1. The molecule has 2 heterocycles. The van der Waals surface area contributed by atoms with Gasteiger partial charge in [0.25, 0.3) is 0 Å². The first-order valence-corrected chi connectivity index (χ1v) is 8.38. The molecule has 4 nitrogen and oxygen atoms in total. The van der Waals surface area contributed by atoms with Gasteiger partial charge in [0.05, 0.1) is 10.0 Å². The van der Waals surface area contributed by atoms with Gasteiger partial charge in [0.15, 0.2) is 0 Å². The van der Waals surface area contributed by atoms with E-state index in [0.29, 0.717) is 22.4 Å². The Hall–Kier alpha value is -0.970. The lowest BCUT2D eigenvalue weighted by molar-refractivity contribution is -0.131. The molecule has 0 aromatic heterocycles. The Morgan fingerprint density at radius 1 is 1.41 bits per heavy atom. The summed E-state index contributed by atoms with van der Waals surface area (Å²) < 4.78 is 0. The number of benzene rings is 1. The van der Waals surface area contributed by atoms with Crippen molar-refractivity contribution in [1.29, 1.82) is 0 Å². The maximum atomic E-state index is 12.7. The monoisotopic (exact) mass is 341 g/mol. The van der Waals surface area contributed by atoms with Crippen LogP contribution in [-0.2, 0) is 11.2 Å². The summed E-state index contributed by atoms with van der Waals surface area (Å²) >= 11 is 12.3. The minimum Gasteiger partial charge on any atom is -0.373 e. The predicted molar refractivity (Wildman–Crippen MR) is 90.8 cm³/mol. The Morgan fingerprint density at radius 3 is 2.91 bits per heavy atom. The van der Waals surface area contributed by atoms with Crippen LogP contribution < -0.4 is 5.32 Å². The number of anilines is 1. The molecule has 0 aliphatic carbocycles. The molecule has 1 amide bonds. The van der Waals surface area contributed by atoms with Crippen LogP contribution >= 0.6 is 23.2 Å². The van der Waals surface area contributed by atoms with E-state index in [1.54, 1.807) is 6.07 Å². The lowest BCUT2D eigenvalue weighted by Crippen LogP contribution is -2.41. The molecule has 2 aliphatic heterocycles. The third-order valence-corrected chi connectivity index (χ3v) is 5.30. The van der Waals surface area contributed by atoms with Crippen LogP contribution in [0.5, 0.6) is 0 Å². The fourth-order valence-electron chi connectivity index (χ4n) is 3.44. The van der Waals surface area contributed by atoms with E-state index in [4.69, 9.17) is 23.2 Å². The first-order valence-electron chi connectivity index (χ1n) is 7.62. The van der Waals surface area contributed by atoms with Gasteiger partial charge in [-0.1, -0.05) is 23.2 Å². The van der Waals surface area contributed by atoms with Crippen molar-refractivity contribution in [3.8, 4) is 0 Å². The van der Waals surface area contributed by atoms with E-state index >= 15 is 0 Å². The highest BCUT2D eigenvalue weighted by Crippen LogP contribution is 2.37. The highest BCUT2D eigenvalue weighted by atomic mass is 35.5. The number of nitrogens with zero attached hydrogens (tertiary/aromatic N) is 2.